The molecule has 5 nitrogen and oxygen atoms in total. The van der Waals surface area contributed by atoms with Crippen molar-refractivity contribution < 1.29 is 19.4 Å². The molecule has 0 amide bonds. The molecule has 10 atom stereocenters. The molecule has 0 bridgehead atoms. The maximum atomic E-state index is 13.2. The molecule has 0 aromatic carbocycles. The predicted molar refractivity (Wildman–Crippen MR) is 201 cm³/mol. The number of carbonyl (C=O) groups excluding carboxylic acids is 1. The summed E-state index contributed by atoms with van der Waals surface area (Å²) in [5, 5.41) is 9.33. The van der Waals surface area contributed by atoms with Crippen LogP contribution in [0.3, 0.4) is 0 Å². The van der Waals surface area contributed by atoms with Crippen LogP contribution >= 0.6 is 0 Å². The van der Waals surface area contributed by atoms with Gasteiger partial charge in [-0.3, -0.25) is 9.59 Å². The van der Waals surface area contributed by atoms with Crippen molar-refractivity contribution in [1.82, 2.24) is 4.90 Å². The van der Waals surface area contributed by atoms with Crippen LogP contribution in [-0.2, 0) is 14.3 Å². The molecule has 4 unspecified atom stereocenters. The van der Waals surface area contributed by atoms with E-state index in [4.69, 9.17) is 4.74 Å². The number of aliphatic carboxylic acids is 1. The van der Waals surface area contributed by atoms with Crippen LogP contribution < -0.4 is 0 Å². The highest BCUT2D eigenvalue weighted by Crippen LogP contribution is 2.78. The molecule has 0 spiro atoms. The fraction of sp³-hybridized carbons (Fsp3) is 0.909. The summed E-state index contributed by atoms with van der Waals surface area (Å²) in [6.07, 6.45) is 17.0. The highest BCUT2D eigenvalue weighted by Gasteiger charge is 2.71. The number of likely N-dealkylation sites (tertiary alicyclic amines) is 1. The van der Waals surface area contributed by atoms with Crippen LogP contribution in [0.4, 0.5) is 0 Å². The number of hydrogen-bond acceptors (Lipinski definition) is 4. The van der Waals surface area contributed by atoms with E-state index in [1.54, 1.807) is 0 Å². The Bertz CT molecular complexity index is 1230. The van der Waals surface area contributed by atoms with Crippen molar-refractivity contribution in [3.63, 3.8) is 0 Å². The standard InChI is InChI=1S/C42H69NO4.C2H6/c1-28(2)29-14-19-42(22-25-43-23-10-11-24-43)21-20-40(8)30(36(29)42)12-13-32-39(7)17-16-33(38(5,6)31(39)15-18-41(32,40)9)47-35(46)27-37(3,4)26-34(44)45;1-2/h29-33,36H,1,10-27H2,2-9H3,(H,44,45);1-2H3/t29-,30+,31?,32?,33?,36?,39-,40+,41+,42+;/m0./s1. The second-order valence-electron chi connectivity index (χ2n) is 20.1. The van der Waals surface area contributed by atoms with Crippen molar-refractivity contribution >= 4 is 11.9 Å². The smallest absolute Gasteiger partial charge is 0.306 e. The Labute approximate surface area is 301 Å². The molecule has 5 heteroatoms. The van der Waals surface area contributed by atoms with Crippen molar-refractivity contribution in [2.24, 2.45) is 62.1 Å². The molecule has 5 aliphatic carbocycles. The highest BCUT2D eigenvalue weighted by molar-refractivity contribution is 5.73. The number of esters is 1. The van der Waals surface area contributed by atoms with Gasteiger partial charge in [0.1, 0.15) is 6.10 Å². The van der Waals surface area contributed by atoms with Gasteiger partial charge in [0, 0.05) is 5.41 Å². The molecule has 0 aromatic rings. The van der Waals surface area contributed by atoms with Gasteiger partial charge in [0.25, 0.3) is 0 Å². The summed E-state index contributed by atoms with van der Waals surface area (Å²) in [4.78, 5) is 27.3. The average molecular weight is 682 g/mol. The summed E-state index contributed by atoms with van der Waals surface area (Å²) in [5.41, 5.74) is 2.16. The number of ether oxygens (including phenoxy) is 1. The van der Waals surface area contributed by atoms with Gasteiger partial charge in [-0.15, -0.1) is 0 Å². The summed E-state index contributed by atoms with van der Waals surface area (Å²) < 4.78 is 6.29. The summed E-state index contributed by atoms with van der Waals surface area (Å²) in [7, 11) is 0. The van der Waals surface area contributed by atoms with Gasteiger partial charge in [-0.05, 0) is 167 Å². The lowest BCUT2D eigenvalue weighted by molar-refractivity contribution is -0.250. The van der Waals surface area contributed by atoms with Crippen molar-refractivity contribution in [2.75, 3.05) is 19.6 Å². The molecule has 6 aliphatic rings. The zero-order chi connectivity index (χ0) is 36.2. The van der Waals surface area contributed by atoms with Crippen LogP contribution in [0, 0.1) is 62.1 Å². The first kappa shape index (κ1) is 38.9. The Kier molecular flexibility index (Phi) is 11.0. The Morgan fingerprint density at radius 1 is 0.837 bits per heavy atom. The maximum absolute atomic E-state index is 13.2. The molecule has 1 heterocycles. The van der Waals surface area contributed by atoms with Gasteiger partial charge in [-0.1, -0.05) is 74.5 Å². The van der Waals surface area contributed by atoms with E-state index in [-0.39, 0.29) is 35.7 Å². The first-order valence-electron chi connectivity index (χ1n) is 20.7. The molecule has 0 aromatic heterocycles. The fourth-order valence-corrected chi connectivity index (χ4v) is 14.3. The van der Waals surface area contributed by atoms with Gasteiger partial charge in [0.05, 0.1) is 12.8 Å². The Hall–Kier alpha value is -1.36. The SMILES string of the molecule is C=C(C)[C@@H]1CC[C@]2(CCN3CCCC3)CC[C@]3(C)[C@H](CCC4[C@@]5(C)CCC(OC(=O)CC(C)(C)CC(=O)O)C(C)(C)C5CC[C@]43C)C12.CC. The summed E-state index contributed by atoms with van der Waals surface area (Å²) in [5.74, 6) is 2.40. The number of allylic oxidation sites excluding steroid dienone is 1. The zero-order valence-electron chi connectivity index (χ0n) is 33.5. The second kappa shape index (κ2) is 13.9. The first-order chi connectivity index (χ1) is 22.9. The average Bonchev–Trinajstić information content (AvgIpc) is 3.67. The molecule has 6 rings (SSSR count). The van der Waals surface area contributed by atoms with Crippen LogP contribution in [0.2, 0.25) is 0 Å². The van der Waals surface area contributed by atoms with Gasteiger partial charge >= 0.3 is 11.9 Å². The lowest BCUT2D eigenvalue weighted by Crippen LogP contribution is -2.66. The number of rotatable bonds is 9. The van der Waals surface area contributed by atoms with Crippen molar-refractivity contribution in [3.8, 4) is 0 Å². The largest absolute Gasteiger partial charge is 0.481 e. The van der Waals surface area contributed by atoms with E-state index in [0.29, 0.717) is 34.0 Å². The fourth-order valence-electron chi connectivity index (χ4n) is 14.3. The third-order valence-corrected chi connectivity index (χ3v) is 16.8. The molecule has 49 heavy (non-hydrogen) atoms. The van der Waals surface area contributed by atoms with E-state index in [1.165, 1.54) is 95.8 Å². The van der Waals surface area contributed by atoms with Crippen molar-refractivity contribution in [2.45, 2.75) is 172 Å². The lowest BCUT2D eigenvalue weighted by Gasteiger charge is -2.73. The van der Waals surface area contributed by atoms with Gasteiger partial charge < -0.3 is 14.7 Å². The minimum atomic E-state index is -0.862. The van der Waals surface area contributed by atoms with E-state index < -0.39 is 11.4 Å². The number of carboxylic acids is 1. The van der Waals surface area contributed by atoms with Crippen LogP contribution in [0.1, 0.15) is 166 Å². The van der Waals surface area contributed by atoms with Gasteiger partial charge in [-0.2, -0.15) is 0 Å². The predicted octanol–water partition coefficient (Wildman–Crippen LogP) is 11.0. The van der Waals surface area contributed by atoms with E-state index in [9.17, 15) is 14.7 Å². The second-order valence-corrected chi connectivity index (χ2v) is 20.1. The van der Waals surface area contributed by atoms with Crippen molar-refractivity contribution in [1.29, 1.82) is 0 Å². The monoisotopic (exact) mass is 682 g/mol. The summed E-state index contributed by atoms with van der Waals surface area (Å²) >= 11 is 0. The van der Waals surface area contributed by atoms with Gasteiger partial charge in [0.15, 0.2) is 0 Å². The minimum Gasteiger partial charge on any atom is -0.481 e. The summed E-state index contributed by atoms with van der Waals surface area (Å²) in [6, 6.07) is 0. The topological polar surface area (TPSA) is 66.8 Å². The van der Waals surface area contributed by atoms with E-state index in [1.807, 2.05) is 27.7 Å². The van der Waals surface area contributed by atoms with Crippen LogP contribution in [0.15, 0.2) is 12.2 Å². The quantitative estimate of drug-likeness (QED) is 0.194. The molecule has 280 valence electrons. The zero-order valence-corrected chi connectivity index (χ0v) is 33.5. The Morgan fingerprint density at radius 2 is 1.51 bits per heavy atom. The molecular formula is C44H75NO4. The highest BCUT2D eigenvalue weighted by atomic mass is 16.5. The first-order valence-corrected chi connectivity index (χ1v) is 20.7. The Balaban J connectivity index is 0.00000230. The summed E-state index contributed by atoms with van der Waals surface area (Å²) in [6.45, 7) is 31.5. The number of fused-ring (bicyclic) bond motifs is 7. The number of nitrogens with zero attached hydrogens (tertiary/aromatic N) is 1. The van der Waals surface area contributed by atoms with Gasteiger partial charge in [-0.25, -0.2) is 0 Å². The van der Waals surface area contributed by atoms with Crippen molar-refractivity contribution in [3.05, 3.63) is 12.2 Å². The van der Waals surface area contributed by atoms with Crippen LogP contribution in [0.25, 0.3) is 0 Å². The number of carboxylic acid groups (broad SMARTS) is 1. The van der Waals surface area contributed by atoms with E-state index in [0.717, 1.165) is 24.7 Å². The maximum Gasteiger partial charge on any atom is 0.306 e. The lowest BCUT2D eigenvalue weighted by atomic mass is 9.32. The minimum absolute atomic E-state index is 0.0234. The van der Waals surface area contributed by atoms with Gasteiger partial charge in [0.2, 0.25) is 0 Å². The molecule has 1 aliphatic heterocycles. The van der Waals surface area contributed by atoms with E-state index in [2.05, 4.69) is 53.0 Å². The molecule has 1 N–H and O–H groups in total. The molecule has 1 saturated heterocycles. The third kappa shape index (κ3) is 6.60. The normalized spacial score (nSPS) is 42.8. The number of hydrogen-bond donors (Lipinski definition) is 1. The van der Waals surface area contributed by atoms with E-state index >= 15 is 0 Å². The third-order valence-electron chi connectivity index (χ3n) is 16.8. The van der Waals surface area contributed by atoms with Crippen LogP contribution in [0.5, 0.6) is 0 Å². The molecular weight excluding hydrogens is 606 g/mol. The molecule has 0 radical (unpaired) electrons. The molecule has 5 saturated carbocycles. The Morgan fingerprint density at radius 3 is 2.14 bits per heavy atom. The molecule has 6 fully saturated rings. The van der Waals surface area contributed by atoms with Crippen LogP contribution in [-0.4, -0.2) is 47.7 Å². The number of carbonyl (C=O) groups is 2.